The number of aromatic nitrogens is 2. The highest BCUT2D eigenvalue weighted by molar-refractivity contribution is 7.89. The zero-order valence-electron chi connectivity index (χ0n) is 10.4. The molecule has 1 aromatic rings. The second-order valence-corrected chi connectivity index (χ2v) is 6.05. The molecule has 0 aromatic carbocycles. The van der Waals surface area contributed by atoms with Crippen LogP contribution in [0.4, 0.5) is 5.82 Å². The predicted molar refractivity (Wildman–Crippen MR) is 70.0 cm³/mol. The largest absolute Gasteiger partial charge is 0.370 e. The van der Waals surface area contributed by atoms with E-state index in [1.54, 1.807) is 0 Å². The molecule has 0 aliphatic rings. The van der Waals surface area contributed by atoms with Crippen LogP contribution in [-0.2, 0) is 10.0 Å². The molecule has 1 heterocycles. The molecule has 0 unspecified atom stereocenters. The first-order valence-electron chi connectivity index (χ1n) is 5.63. The Morgan fingerprint density at radius 2 is 2.17 bits per heavy atom. The van der Waals surface area contributed by atoms with E-state index in [4.69, 9.17) is 5.14 Å². The van der Waals surface area contributed by atoms with Gasteiger partial charge in [-0.15, -0.1) is 0 Å². The summed E-state index contributed by atoms with van der Waals surface area (Å²) in [5, 5.41) is 7.78. The number of rotatable bonds is 6. The van der Waals surface area contributed by atoms with E-state index in [1.165, 1.54) is 6.07 Å². The van der Waals surface area contributed by atoms with E-state index in [0.717, 1.165) is 0 Å². The van der Waals surface area contributed by atoms with E-state index in [9.17, 15) is 13.2 Å². The van der Waals surface area contributed by atoms with Crippen LogP contribution in [0.3, 0.4) is 0 Å². The van der Waals surface area contributed by atoms with Crippen molar-refractivity contribution in [2.24, 2.45) is 5.14 Å². The van der Waals surface area contributed by atoms with Crippen molar-refractivity contribution in [3.63, 3.8) is 0 Å². The zero-order chi connectivity index (χ0) is 13.8. The third-order valence-corrected chi connectivity index (χ3v) is 3.08. The van der Waals surface area contributed by atoms with Crippen molar-refractivity contribution < 1.29 is 8.42 Å². The number of anilines is 1. The lowest BCUT2D eigenvalue weighted by atomic mass is 10.2. The van der Waals surface area contributed by atoms with E-state index in [2.05, 4.69) is 15.3 Å². The average molecular weight is 274 g/mol. The van der Waals surface area contributed by atoms with Crippen LogP contribution in [0, 0.1) is 0 Å². The second-order valence-electron chi connectivity index (χ2n) is 4.32. The molecule has 102 valence electrons. The summed E-state index contributed by atoms with van der Waals surface area (Å²) in [5.74, 6) is 1.05. The van der Waals surface area contributed by atoms with Crippen molar-refractivity contribution in [2.75, 3.05) is 17.6 Å². The Labute approximate surface area is 106 Å². The quantitative estimate of drug-likeness (QED) is 0.630. The molecule has 4 N–H and O–H groups in total. The van der Waals surface area contributed by atoms with E-state index in [0.29, 0.717) is 24.6 Å². The lowest BCUT2D eigenvalue weighted by Gasteiger charge is -2.08. The van der Waals surface area contributed by atoms with Crippen molar-refractivity contribution in [2.45, 2.75) is 26.2 Å². The predicted octanol–water partition coefficient (Wildman–Crippen LogP) is -0.0162. The normalized spacial score (nSPS) is 11.8. The SMILES string of the molecule is CC(C)c1nc(NCCCS(N)(=O)=O)cc(=O)[nH]1. The molecule has 7 nitrogen and oxygen atoms in total. The fourth-order valence-corrected chi connectivity index (χ4v) is 1.88. The smallest absolute Gasteiger partial charge is 0.252 e. The van der Waals surface area contributed by atoms with Crippen molar-refractivity contribution in [1.29, 1.82) is 0 Å². The molecule has 0 atom stereocenters. The molecule has 0 spiro atoms. The molecule has 1 rings (SSSR count). The number of hydrogen-bond acceptors (Lipinski definition) is 5. The summed E-state index contributed by atoms with van der Waals surface area (Å²) in [7, 11) is -3.44. The van der Waals surface area contributed by atoms with Gasteiger partial charge in [0.2, 0.25) is 10.0 Å². The van der Waals surface area contributed by atoms with E-state index in [-0.39, 0.29) is 17.2 Å². The number of sulfonamides is 1. The van der Waals surface area contributed by atoms with Gasteiger partial charge in [-0.1, -0.05) is 13.8 Å². The number of H-pyrrole nitrogens is 1. The van der Waals surface area contributed by atoms with Gasteiger partial charge < -0.3 is 10.3 Å². The molecule has 8 heteroatoms. The van der Waals surface area contributed by atoms with Gasteiger partial charge in [0.1, 0.15) is 11.6 Å². The van der Waals surface area contributed by atoms with Crippen molar-refractivity contribution in [1.82, 2.24) is 9.97 Å². The minimum Gasteiger partial charge on any atom is -0.370 e. The third kappa shape index (κ3) is 5.28. The molecule has 0 aliphatic carbocycles. The van der Waals surface area contributed by atoms with E-state index < -0.39 is 10.0 Å². The number of nitrogens with zero attached hydrogens (tertiary/aromatic N) is 1. The molecule has 0 saturated heterocycles. The maximum absolute atomic E-state index is 11.4. The maximum atomic E-state index is 11.4. The molecule has 0 bridgehead atoms. The van der Waals surface area contributed by atoms with Crippen LogP contribution in [-0.4, -0.2) is 30.7 Å². The first-order valence-corrected chi connectivity index (χ1v) is 7.35. The molecule has 0 saturated carbocycles. The Hall–Kier alpha value is -1.41. The summed E-state index contributed by atoms with van der Waals surface area (Å²) in [5.41, 5.74) is -0.234. The highest BCUT2D eigenvalue weighted by atomic mass is 32.2. The minimum absolute atomic E-state index is 0.0970. The molecule has 0 aliphatic heterocycles. The van der Waals surface area contributed by atoms with Gasteiger partial charge in [0.05, 0.1) is 5.75 Å². The summed E-state index contributed by atoms with van der Waals surface area (Å²) in [6.07, 6.45) is 0.365. The monoisotopic (exact) mass is 274 g/mol. The zero-order valence-corrected chi connectivity index (χ0v) is 11.3. The average Bonchev–Trinajstić information content (AvgIpc) is 2.22. The molecule has 0 amide bonds. The Kier molecular flexibility index (Phi) is 4.85. The van der Waals surface area contributed by atoms with E-state index >= 15 is 0 Å². The van der Waals surface area contributed by atoms with Crippen molar-refractivity contribution in [3.8, 4) is 0 Å². The number of hydrogen-bond donors (Lipinski definition) is 3. The second kappa shape index (κ2) is 5.96. The van der Waals surface area contributed by atoms with E-state index in [1.807, 2.05) is 13.8 Å². The van der Waals surface area contributed by atoms with Crippen molar-refractivity contribution >= 4 is 15.8 Å². The third-order valence-electron chi connectivity index (χ3n) is 2.22. The number of nitrogens with one attached hydrogen (secondary N) is 2. The minimum atomic E-state index is -3.44. The van der Waals surface area contributed by atoms with Crippen LogP contribution in [0.2, 0.25) is 0 Å². The number of primary sulfonamides is 1. The van der Waals surface area contributed by atoms with Crippen molar-refractivity contribution in [3.05, 3.63) is 22.2 Å². The summed E-state index contributed by atoms with van der Waals surface area (Å²) >= 11 is 0. The lowest BCUT2D eigenvalue weighted by molar-refractivity contribution is 0.595. The molecule has 18 heavy (non-hydrogen) atoms. The highest BCUT2D eigenvalue weighted by Crippen LogP contribution is 2.08. The van der Waals surface area contributed by atoms with Crippen LogP contribution in [0.5, 0.6) is 0 Å². The first-order chi connectivity index (χ1) is 8.28. The van der Waals surface area contributed by atoms with Gasteiger partial charge >= 0.3 is 0 Å². The number of nitrogens with two attached hydrogens (primary N) is 1. The summed E-state index contributed by atoms with van der Waals surface area (Å²) in [4.78, 5) is 18.2. The van der Waals surface area contributed by atoms with Crippen LogP contribution in [0.25, 0.3) is 0 Å². The van der Waals surface area contributed by atoms with Gasteiger partial charge in [0, 0.05) is 18.5 Å². The van der Waals surface area contributed by atoms with Gasteiger partial charge in [-0.05, 0) is 6.42 Å². The van der Waals surface area contributed by atoms with Crippen LogP contribution in [0.1, 0.15) is 32.0 Å². The van der Waals surface area contributed by atoms with Gasteiger partial charge in [0.25, 0.3) is 5.56 Å². The standard InChI is InChI=1S/C10H18N4O3S/c1-7(2)10-13-8(6-9(15)14-10)12-4-3-5-18(11,16)17/h6-7H,3-5H2,1-2H3,(H2,11,16,17)(H2,12,13,14,15). The van der Waals surface area contributed by atoms with Gasteiger partial charge in [-0.25, -0.2) is 18.5 Å². The molecular formula is C10H18N4O3S. The van der Waals surface area contributed by atoms with Crippen LogP contribution in [0.15, 0.2) is 10.9 Å². The molecular weight excluding hydrogens is 256 g/mol. The highest BCUT2D eigenvalue weighted by Gasteiger charge is 2.05. The maximum Gasteiger partial charge on any atom is 0.252 e. The van der Waals surface area contributed by atoms with Gasteiger partial charge in [-0.3, -0.25) is 4.79 Å². The van der Waals surface area contributed by atoms with Crippen LogP contribution >= 0.6 is 0 Å². The van der Waals surface area contributed by atoms with Gasteiger partial charge in [0.15, 0.2) is 0 Å². The molecule has 0 fully saturated rings. The van der Waals surface area contributed by atoms with Crippen LogP contribution < -0.4 is 16.0 Å². The summed E-state index contributed by atoms with van der Waals surface area (Å²) in [6.45, 7) is 4.23. The Morgan fingerprint density at radius 1 is 1.50 bits per heavy atom. The van der Waals surface area contributed by atoms with Gasteiger partial charge in [-0.2, -0.15) is 0 Å². The summed E-state index contributed by atoms with van der Waals surface area (Å²) < 4.78 is 21.4. The Bertz CT molecular complexity index is 550. The first kappa shape index (κ1) is 14.7. The topological polar surface area (TPSA) is 118 Å². The Morgan fingerprint density at radius 3 is 2.72 bits per heavy atom. The lowest BCUT2D eigenvalue weighted by Crippen LogP contribution is -2.20. The molecule has 0 radical (unpaired) electrons. The molecule has 1 aromatic heterocycles. The number of aromatic amines is 1. The fourth-order valence-electron chi connectivity index (χ4n) is 1.33. The summed E-state index contributed by atoms with van der Waals surface area (Å²) in [6, 6.07) is 1.34. The Balaban J connectivity index is 2.60. The fraction of sp³-hybridized carbons (Fsp3) is 0.600.